The van der Waals surface area contributed by atoms with E-state index in [2.05, 4.69) is 21.2 Å². The fourth-order valence-electron chi connectivity index (χ4n) is 1.64. The zero-order valence-electron chi connectivity index (χ0n) is 10.5. The van der Waals surface area contributed by atoms with Gasteiger partial charge >= 0.3 is 0 Å². The number of nitrogens with one attached hydrogen (secondary N) is 1. The minimum Gasteiger partial charge on any atom is -0.508 e. The van der Waals surface area contributed by atoms with Crippen LogP contribution in [0, 0.1) is 6.92 Å². The standard InChI is InChI=1S/C15H14BrNO2/c1-10-2-5-12(8-14(10)18)15(19)17-9-11-3-6-13(16)7-4-11/h2-8,18H,9H2,1H3,(H,17,19). The summed E-state index contributed by atoms with van der Waals surface area (Å²) < 4.78 is 1.01. The van der Waals surface area contributed by atoms with Crippen molar-refractivity contribution in [3.63, 3.8) is 0 Å². The highest BCUT2D eigenvalue weighted by Gasteiger charge is 2.07. The quantitative estimate of drug-likeness (QED) is 0.911. The van der Waals surface area contributed by atoms with Gasteiger partial charge in [-0.15, -0.1) is 0 Å². The number of phenolic OH excluding ortho intramolecular Hbond substituents is 1. The monoisotopic (exact) mass is 319 g/mol. The Morgan fingerprint density at radius 2 is 1.89 bits per heavy atom. The van der Waals surface area contributed by atoms with Gasteiger partial charge in [0.2, 0.25) is 0 Å². The molecule has 4 heteroatoms. The van der Waals surface area contributed by atoms with Crippen LogP contribution >= 0.6 is 15.9 Å². The van der Waals surface area contributed by atoms with E-state index in [0.717, 1.165) is 15.6 Å². The van der Waals surface area contributed by atoms with Crippen LogP contribution in [0.2, 0.25) is 0 Å². The summed E-state index contributed by atoms with van der Waals surface area (Å²) in [5, 5.41) is 12.4. The maximum Gasteiger partial charge on any atom is 0.251 e. The lowest BCUT2D eigenvalue weighted by atomic mass is 10.1. The molecule has 3 nitrogen and oxygen atoms in total. The zero-order chi connectivity index (χ0) is 13.8. The number of benzene rings is 2. The summed E-state index contributed by atoms with van der Waals surface area (Å²) in [7, 11) is 0. The number of aromatic hydroxyl groups is 1. The smallest absolute Gasteiger partial charge is 0.251 e. The van der Waals surface area contributed by atoms with Crippen molar-refractivity contribution in [3.8, 4) is 5.75 Å². The number of hydrogen-bond acceptors (Lipinski definition) is 2. The Balaban J connectivity index is 2.01. The number of rotatable bonds is 3. The average molecular weight is 320 g/mol. The molecule has 0 aromatic heterocycles. The molecule has 0 saturated heterocycles. The van der Waals surface area contributed by atoms with E-state index in [1.165, 1.54) is 6.07 Å². The lowest BCUT2D eigenvalue weighted by molar-refractivity contribution is 0.0950. The molecule has 0 bridgehead atoms. The van der Waals surface area contributed by atoms with Crippen LogP contribution < -0.4 is 5.32 Å². The van der Waals surface area contributed by atoms with Crippen LogP contribution in [0.5, 0.6) is 5.75 Å². The predicted octanol–water partition coefficient (Wildman–Crippen LogP) is 3.39. The molecular formula is C15H14BrNO2. The normalized spacial score (nSPS) is 10.2. The highest BCUT2D eigenvalue weighted by molar-refractivity contribution is 9.10. The number of amides is 1. The fraction of sp³-hybridized carbons (Fsp3) is 0.133. The molecule has 0 aliphatic rings. The molecule has 2 rings (SSSR count). The molecule has 0 saturated carbocycles. The van der Waals surface area contributed by atoms with Gasteiger partial charge in [-0.05, 0) is 42.3 Å². The van der Waals surface area contributed by atoms with Crippen LogP contribution in [0.4, 0.5) is 0 Å². The molecular weight excluding hydrogens is 306 g/mol. The molecule has 0 radical (unpaired) electrons. The highest BCUT2D eigenvalue weighted by Crippen LogP contribution is 2.17. The molecule has 0 spiro atoms. The Labute approximate surface area is 120 Å². The van der Waals surface area contributed by atoms with Crippen molar-refractivity contribution in [1.29, 1.82) is 0 Å². The predicted molar refractivity (Wildman–Crippen MR) is 78.2 cm³/mol. The van der Waals surface area contributed by atoms with Crippen LogP contribution in [-0.2, 0) is 6.54 Å². The minimum absolute atomic E-state index is 0.135. The molecule has 0 heterocycles. The highest BCUT2D eigenvalue weighted by atomic mass is 79.9. The van der Waals surface area contributed by atoms with E-state index in [1.54, 1.807) is 19.1 Å². The number of hydrogen-bond donors (Lipinski definition) is 2. The van der Waals surface area contributed by atoms with Crippen molar-refractivity contribution in [3.05, 3.63) is 63.6 Å². The lowest BCUT2D eigenvalue weighted by Gasteiger charge is -2.07. The summed E-state index contributed by atoms with van der Waals surface area (Å²) in [5.41, 5.74) is 2.23. The molecule has 98 valence electrons. The molecule has 0 aliphatic heterocycles. The molecule has 2 aromatic rings. The van der Waals surface area contributed by atoms with Crippen LogP contribution in [-0.4, -0.2) is 11.0 Å². The molecule has 19 heavy (non-hydrogen) atoms. The van der Waals surface area contributed by atoms with Crippen LogP contribution in [0.1, 0.15) is 21.5 Å². The summed E-state index contributed by atoms with van der Waals surface area (Å²) in [5.74, 6) is -0.0606. The topological polar surface area (TPSA) is 49.3 Å². The lowest BCUT2D eigenvalue weighted by Crippen LogP contribution is -2.22. The van der Waals surface area contributed by atoms with E-state index in [4.69, 9.17) is 0 Å². The van der Waals surface area contributed by atoms with Crippen molar-refractivity contribution in [2.75, 3.05) is 0 Å². The van der Waals surface area contributed by atoms with E-state index in [-0.39, 0.29) is 11.7 Å². The number of carbonyl (C=O) groups excluding carboxylic acids is 1. The molecule has 0 unspecified atom stereocenters. The Morgan fingerprint density at radius 3 is 2.53 bits per heavy atom. The maximum absolute atomic E-state index is 11.9. The first-order valence-corrected chi connectivity index (χ1v) is 6.68. The molecule has 1 amide bonds. The number of halogens is 1. The minimum atomic E-state index is -0.196. The van der Waals surface area contributed by atoms with Gasteiger partial charge in [-0.3, -0.25) is 4.79 Å². The van der Waals surface area contributed by atoms with Crippen molar-refractivity contribution < 1.29 is 9.90 Å². The largest absolute Gasteiger partial charge is 0.508 e. The van der Waals surface area contributed by atoms with Crippen molar-refractivity contribution in [1.82, 2.24) is 5.32 Å². The third-order valence-corrected chi connectivity index (χ3v) is 3.37. The first kappa shape index (κ1) is 13.6. The molecule has 0 atom stereocenters. The maximum atomic E-state index is 11.9. The fourth-order valence-corrected chi connectivity index (χ4v) is 1.90. The van der Waals surface area contributed by atoms with Gasteiger partial charge in [0.05, 0.1) is 0 Å². The summed E-state index contributed by atoms with van der Waals surface area (Å²) in [6, 6.07) is 12.6. The SMILES string of the molecule is Cc1ccc(C(=O)NCc2ccc(Br)cc2)cc1O. The second-order valence-corrected chi connectivity index (χ2v) is 5.23. The van der Waals surface area contributed by atoms with E-state index in [0.29, 0.717) is 12.1 Å². The Bertz CT molecular complexity index is 594. The number of aryl methyl sites for hydroxylation is 1. The van der Waals surface area contributed by atoms with Crippen LogP contribution in [0.25, 0.3) is 0 Å². The van der Waals surface area contributed by atoms with E-state index in [1.807, 2.05) is 24.3 Å². The van der Waals surface area contributed by atoms with Gasteiger partial charge in [-0.2, -0.15) is 0 Å². The Hall–Kier alpha value is -1.81. The van der Waals surface area contributed by atoms with E-state index < -0.39 is 0 Å². The number of carbonyl (C=O) groups is 1. The number of phenols is 1. The van der Waals surface area contributed by atoms with Crippen LogP contribution in [0.3, 0.4) is 0 Å². The molecule has 2 N–H and O–H groups in total. The summed E-state index contributed by atoms with van der Waals surface area (Å²) in [6.45, 7) is 2.25. The van der Waals surface area contributed by atoms with Gasteiger partial charge in [0.25, 0.3) is 5.91 Å². The van der Waals surface area contributed by atoms with Crippen molar-refractivity contribution in [2.45, 2.75) is 13.5 Å². The van der Waals surface area contributed by atoms with E-state index >= 15 is 0 Å². The zero-order valence-corrected chi connectivity index (χ0v) is 12.1. The summed E-state index contributed by atoms with van der Waals surface area (Å²) >= 11 is 3.36. The Morgan fingerprint density at radius 1 is 1.21 bits per heavy atom. The van der Waals surface area contributed by atoms with Gasteiger partial charge in [0, 0.05) is 16.6 Å². The second kappa shape index (κ2) is 5.89. The van der Waals surface area contributed by atoms with Gasteiger partial charge in [0.1, 0.15) is 5.75 Å². The first-order chi connectivity index (χ1) is 9.06. The molecule has 0 aliphatic carbocycles. The third-order valence-electron chi connectivity index (χ3n) is 2.84. The first-order valence-electron chi connectivity index (χ1n) is 5.88. The Kier molecular flexibility index (Phi) is 4.22. The molecule has 0 fully saturated rings. The summed E-state index contributed by atoms with van der Waals surface area (Å²) in [6.07, 6.45) is 0. The van der Waals surface area contributed by atoms with Gasteiger partial charge in [-0.1, -0.05) is 34.1 Å². The molecule has 2 aromatic carbocycles. The van der Waals surface area contributed by atoms with Crippen LogP contribution in [0.15, 0.2) is 46.9 Å². The van der Waals surface area contributed by atoms with Crippen molar-refractivity contribution >= 4 is 21.8 Å². The third kappa shape index (κ3) is 3.58. The van der Waals surface area contributed by atoms with Gasteiger partial charge in [0.15, 0.2) is 0 Å². The van der Waals surface area contributed by atoms with Gasteiger partial charge < -0.3 is 10.4 Å². The van der Waals surface area contributed by atoms with Gasteiger partial charge in [-0.25, -0.2) is 0 Å². The summed E-state index contributed by atoms with van der Waals surface area (Å²) in [4.78, 5) is 11.9. The van der Waals surface area contributed by atoms with E-state index in [9.17, 15) is 9.90 Å². The average Bonchev–Trinajstić information content (AvgIpc) is 2.41. The second-order valence-electron chi connectivity index (χ2n) is 4.31. The van der Waals surface area contributed by atoms with Crippen molar-refractivity contribution in [2.24, 2.45) is 0 Å².